The maximum atomic E-state index is 12.0. The maximum absolute atomic E-state index is 12.0. The van der Waals surface area contributed by atoms with E-state index in [1.807, 2.05) is 6.92 Å². The van der Waals surface area contributed by atoms with E-state index in [1.165, 1.54) is 19.1 Å². The molecule has 8 heteroatoms. The first-order valence-corrected chi connectivity index (χ1v) is 8.09. The van der Waals surface area contributed by atoms with Crippen LogP contribution in [0.5, 0.6) is 5.75 Å². The van der Waals surface area contributed by atoms with Crippen molar-refractivity contribution >= 4 is 35.0 Å². The summed E-state index contributed by atoms with van der Waals surface area (Å²) in [5, 5.41) is 3.21. The second-order valence-electron chi connectivity index (χ2n) is 5.46. The number of carbonyl (C=O) groups excluding carboxylic acids is 3. The summed E-state index contributed by atoms with van der Waals surface area (Å²) in [5.74, 6) is -0.705. The molecular formula is C18H18ClN3O4. The van der Waals surface area contributed by atoms with E-state index in [0.717, 1.165) is 5.56 Å². The normalized spacial score (nSPS) is 9.96. The summed E-state index contributed by atoms with van der Waals surface area (Å²) in [6, 6.07) is 11.3. The van der Waals surface area contributed by atoms with Crippen LogP contribution in [0.15, 0.2) is 42.5 Å². The third-order valence-electron chi connectivity index (χ3n) is 3.28. The molecule has 26 heavy (non-hydrogen) atoms. The van der Waals surface area contributed by atoms with Crippen LogP contribution in [0.1, 0.15) is 22.8 Å². The zero-order valence-electron chi connectivity index (χ0n) is 14.3. The molecule has 0 aliphatic rings. The molecule has 3 N–H and O–H groups in total. The van der Waals surface area contributed by atoms with Gasteiger partial charge in [-0.1, -0.05) is 11.6 Å². The van der Waals surface area contributed by atoms with Gasteiger partial charge in [-0.3, -0.25) is 25.2 Å². The van der Waals surface area contributed by atoms with Gasteiger partial charge in [0.25, 0.3) is 11.8 Å². The fourth-order valence-electron chi connectivity index (χ4n) is 2.00. The van der Waals surface area contributed by atoms with E-state index >= 15 is 0 Å². The van der Waals surface area contributed by atoms with Crippen molar-refractivity contribution in [2.24, 2.45) is 0 Å². The van der Waals surface area contributed by atoms with Crippen LogP contribution >= 0.6 is 11.6 Å². The monoisotopic (exact) mass is 375 g/mol. The highest BCUT2D eigenvalue weighted by molar-refractivity contribution is 6.31. The molecule has 7 nitrogen and oxygen atoms in total. The number of rotatable bonds is 5. The standard InChI is InChI=1S/C18H18ClN3O4/c1-11-9-15(7-8-16(11)19)26-10-17(24)21-22-18(25)13-3-5-14(6-4-13)20-12(2)23/h3-9H,10H2,1-2H3,(H,20,23)(H,21,24)(H,22,25). The summed E-state index contributed by atoms with van der Waals surface area (Å²) < 4.78 is 5.33. The van der Waals surface area contributed by atoms with Gasteiger partial charge in [-0.2, -0.15) is 0 Å². The second kappa shape index (κ2) is 8.87. The molecule has 0 aliphatic carbocycles. The topological polar surface area (TPSA) is 96.5 Å². The number of aryl methyl sites for hydroxylation is 1. The van der Waals surface area contributed by atoms with Crippen LogP contribution in [-0.4, -0.2) is 24.3 Å². The molecular weight excluding hydrogens is 358 g/mol. The third kappa shape index (κ3) is 5.78. The molecule has 0 saturated carbocycles. The average Bonchev–Trinajstić information content (AvgIpc) is 2.60. The number of hydrogen-bond acceptors (Lipinski definition) is 4. The van der Waals surface area contributed by atoms with Gasteiger partial charge in [0.15, 0.2) is 6.61 Å². The lowest BCUT2D eigenvalue weighted by molar-refractivity contribution is -0.123. The third-order valence-corrected chi connectivity index (χ3v) is 3.71. The molecule has 0 spiro atoms. The van der Waals surface area contributed by atoms with E-state index in [0.29, 0.717) is 22.0 Å². The van der Waals surface area contributed by atoms with Crippen molar-refractivity contribution in [1.29, 1.82) is 0 Å². The number of hydrazine groups is 1. The fourth-order valence-corrected chi connectivity index (χ4v) is 2.12. The summed E-state index contributed by atoms with van der Waals surface area (Å²) in [5.41, 5.74) is 6.29. The van der Waals surface area contributed by atoms with Crippen molar-refractivity contribution in [3.8, 4) is 5.75 Å². The molecule has 0 atom stereocenters. The van der Waals surface area contributed by atoms with Crippen LogP contribution in [-0.2, 0) is 9.59 Å². The predicted octanol–water partition coefficient (Wildman–Crippen LogP) is 2.45. The molecule has 0 saturated heterocycles. The highest BCUT2D eigenvalue weighted by Gasteiger charge is 2.08. The molecule has 2 aromatic rings. The Morgan fingerprint density at radius 1 is 1.04 bits per heavy atom. The molecule has 2 rings (SSSR count). The zero-order valence-corrected chi connectivity index (χ0v) is 15.0. The van der Waals surface area contributed by atoms with E-state index < -0.39 is 11.8 Å². The molecule has 0 fully saturated rings. The second-order valence-corrected chi connectivity index (χ2v) is 5.87. The number of ether oxygens (including phenoxy) is 1. The van der Waals surface area contributed by atoms with Crippen LogP contribution in [0, 0.1) is 6.92 Å². The minimum atomic E-state index is -0.513. The summed E-state index contributed by atoms with van der Waals surface area (Å²) in [4.78, 5) is 34.7. The largest absolute Gasteiger partial charge is 0.484 e. The highest BCUT2D eigenvalue weighted by Crippen LogP contribution is 2.20. The average molecular weight is 376 g/mol. The van der Waals surface area contributed by atoms with E-state index in [2.05, 4.69) is 16.2 Å². The van der Waals surface area contributed by atoms with Gasteiger partial charge in [0.2, 0.25) is 5.91 Å². The molecule has 0 radical (unpaired) electrons. The molecule has 0 aliphatic heterocycles. The van der Waals surface area contributed by atoms with E-state index in [4.69, 9.17) is 16.3 Å². The smallest absolute Gasteiger partial charge is 0.276 e. The Balaban J connectivity index is 1.79. The van der Waals surface area contributed by atoms with E-state index in [9.17, 15) is 14.4 Å². The van der Waals surface area contributed by atoms with Crippen molar-refractivity contribution in [1.82, 2.24) is 10.9 Å². The summed E-state index contributed by atoms with van der Waals surface area (Å²) in [7, 11) is 0. The number of halogens is 1. The Hall–Kier alpha value is -3.06. The number of hydrogen-bond donors (Lipinski definition) is 3. The first-order valence-electron chi connectivity index (χ1n) is 7.71. The Kier molecular flexibility index (Phi) is 6.57. The highest BCUT2D eigenvalue weighted by atomic mass is 35.5. The minimum Gasteiger partial charge on any atom is -0.484 e. The van der Waals surface area contributed by atoms with Crippen LogP contribution < -0.4 is 20.9 Å². The van der Waals surface area contributed by atoms with Gasteiger partial charge in [-0.15, -0.1) is 0 Å². The predicted molar refractivity (Wildman–Crippen MR) is 98.0 cm³/mol. The number of nitrogens with one attached hydrogen (secondary N) is 3. The van der Waals surface area contributed by atoms with Gasteiger partial charge in [0, 0.05) is 23.2 Å². The van der Waals surface area contributed by atoms with Crippen molar-refractivity contribution in [2.75, 3.05) is 11.9 Å². The number of anilines is 1. The Morgan fingerprint density at radius 3 is 2.35 bits per heavy atom. The van der Waals surface area contributed by atoms with E-state index in [1.54, 1.807) is 30.3 Å². The van der Waals surface area contributed by atoms with Gasteiger partial charge < -0.3 is 10.1 Å². The van der Waals surface area contributed by atoms with Crippen molar-refractivity contribution < 1.29 is 19.1 Å². The van der Waals surface area contributed by atoms with Crippen molar-refractivity contribution in [3.05, 3.63) is 58.6 Å². The number of benzene rings is 2. The lowest BCUT2D eigenvalue weighted by Gasteiger charge is -2.10. The molecule has 0 unspecified atom stereocenters. The number of carbonyl (C=O) groups is 3. The molecule has 136 valence electrons. The first-order chi connectivity index (χ1) is 12.3. The summed E-state index contributed by atoms with van der Waals surface area (Å²) in [6.45, 7) is 2.96. The number of amides is 3. The maximum Gasteiger partial charge on any atom is 0.276 e. The minimum absolute atomic E-state index is 0.203. The van der Waals surface area contributed by atoms with E-state index in [-0.39, 0.29) is 12.5 Å². The first kappa shape index (κ1) is 19.3. The quantitative estimate of drug-likeness (QED) is 0.699. The molecule has 3 amide bonds. The Bertz CT molecular complexity index is 822. The van der Waals surface area contributed by atoms with Gasteiger partial charge in [-0.05, 0) is 55.0 Å². The SMILES string of the molecule is CC(=O)Nc1ccc(C(=O)NNC(=O)COc2ccc(Cl)c(C)c2)cc1. The Labute approximate surface area is 155 Å². The van der Waals surface area contributed by atoms with Crippen LogP contribution in [0.4, 0.5) is 5.69 Å². The van der Waals surface area contributed by atoms with Crippen LogP contribution in [0.25, 0.3) is 0 Å². The Morgan fingerprint density at radius 2 is 1.73 bits per heavy atom. The van der Waals surface area contributed by atoms with Gasteiger partial charge in [0.05, 0.1) is 0 Å². The molecule has 2 aromatic carbocycles. The summed E-state index contributed by atoms with van der Waals surface area (Å²) >= 11 is 5.92. The molecule has 0 bridgehead atoms. The fraction of sp³-hybridized carbons (Fsp3) is 0.167. The van der Waals surface area contributed by atoms with Crippen molar-refractivity contribution in [2.45, 2.75) is 13.8 Å². The lowest BCUT2D eigenvalue weighted by atomic mass is 10.2. The van der Waals surface area contributed by atoms with Crippen molar-refractivity contribution in [3.63, 3.8) is 0 Å². The molecule has 0 aromatic heterocycles. The zero-order chi connectivity index (χ0) is 19.1. The van der Waals surface area contributed by atoms with Gasteiger partial charge >= 0.3 is 0 Å². The lowest BCUT2D eigenvalue weighted by Crippen LogP contribution is -2.43. The van der Waals surface area contributed by atoms with Crippen LogP contribution in [0.3, 0.4) is 0 Å². The van der Waals surface area contributed by atoms with Gasteiger partial charge in [0.1, 0.15) is 5.75 Å². The summed E-state index contributed by atoms with van der Waals surface area (Å²) in [6.07, 6.45) is 0. The molecule has 0 heterocycles. The van der Waals surface area contributed by atoms with Gasteiger partial charge in [-0.25, -0.2) is 0 Å². The van der Waals surface area contributed by atoms with Crippen LogP contribution in [0.2, 0.25) is 5.02 Å².